The van der Waals surface area contributed by atoms with Crippen LogP contribution >= 0.6 is 12.2 Å². The van der Waals surface area contributed by atoms with Gasteiger partial charge in [-0.15, -0.1) is 0 Å². The number of halogens is 1. The summed E-state index contributed by atoms with van der Waals surface area (Å²) in [7, 11) is 0. The summed E-state index contributed by atoms with van der Waals surface area (Å²) in [5.74, 6) is -0.603. The molecule has 0 aromatic heterocycles. The van der Waals surface area contributed by atoms with Gasteiger partial charge in [0.05, 0.1) is 0 Å². The molecule has 110 valence electrons. The summed E-state index contributed by atoms with van der Waals surface area (Å²) in [6.45, 7) is 12.8. The molecule has 0 saturated carbocycles. The van der Waals surface area contributed by atoms with Crippen LogP contribution in [0.4, 0.5) is 4.39 Å². The Morgan fingerprint density at radius 3 is 2.30 bits per heavy atom. The first-order valence-corrected chi connectivity index (χ1v) is 7.14. The summed E-state index contributed by atoms with van der Waals surface area (Å²) in [5, 5.41) is 0. The molecule has 0 radical (unpaired) electrons. The maximum atomic E-state index is 13.2. The van der Waals surface area contributed by atoms with Crippen LogP contribution in [0.2, 0.25) is 0 Å². The van der Waals surface area contributed by atoms with Crippen molar-refractivity contribution in [2.45, 2.75) is 40.0 Å². The van der Waals surface area contributed by atoms with E-state index in [1.54, 1.807) is 6.92 Å². The number of rotatable bonds is 9. The second-order valence-electron chi connectivity index (χ2n) is 4.85. The second kappa shape index (κ2) is 9.54. The molecule has 1 unspecified atom stereocenters. The average Bonchev–Trinajstić information content (AvgIpc) is 2.34. The Morgan fingerprint density at radius 2 is 1.95 bits per heavy atom. The minimum Gasteiger partial charge on any atom is -0.299 e. The maximum Gasteiger partial charge on any atom is 0.143 e. The molecule has 0 bridgehead atoms. The first kappa shape index (κ1) is 18.7. The van der Waals surface area contributed by atoms with Crippen LogP contribution in [0, 0.1) is 5.92 Å². The van der Waals surface area contributed by atoms with Gasteiger partial charge in [-0.3, -0.25) is 4.79 Å². The predicted octanol–water partition coefficient (Wildman–Crippen LogP) is 5.29. The van der Waals surface area contributed by atoms with E-state index in [9.17, 15) is 9.18 Å². The zero-order valence-corrected chi connectivity index (χ0v) is 13.4. The highest BCUT2D eigenvalue weighted by molar-refractivity contribution is 7.80. The third-order valence-electron chi connectivity index (χ3n) is 3.03. The van der Waals surface area contributed by atoms with Crippen molar-refractivity contribution in [3.63, 3.8) is 0 Å². The van der Waals surface area contributed by atoms with E-state index in [0.29, 0.717) is 17.4 Å². The van der Waals surface area contributed by atoms with Gasteiger partial charge in [-0.1, -0.05) is 50.7 Å². The summed E-state index contributed by atoms with van der Waals surface area (Å²) in [4.78, 5) is 11.7. The SMILES string of the molecule is C=C(F)/C=C(C(=C)C)/C(=C/C=O)C(CCCC)C(C)=S. The van der Waals surface area contributed by atoms with Crippen molar-refractivity contribution >= 4 is 23.4 Å². The molecule has 0 spiro atoms. The van der Waals surface area contributed by atoms with Crippen molar-refractivity contribution in [1.29, 1.82) is 0 Å². The predicted molar refractivity (Wildman–Crippen MR) is 88.6 cm³/mol. The largest absolute Gasteiger partial charge is 0.299 e. The Balaban J connectivity index is 5.74. The lowest BCUT2D eigenvalue weighted by Gasteiger charge is -2.22. The second-order valence-corrected chi connectivity index (χ2v) is 5.49. The van der Waals surface area contributed by atoms with Crippen molar-refractivity contribution in [3.8, 4) is 0 Å². The Morgan fingerprint density at radius 1 is 1.35 bits per heavy atom. The number of aldehydes is 1. The van der Waals surface area contributed by atoms with Gasteiger partial charge in [-0.25, -0.2) is 4.39 Å². The first-order valence-electron chi connectivity index (χ1n) is 6.73. The van der Waals surface area contributed by atoms with Crippen LogP contribution in [0.5, 0.6) is 0 Å². The van der Waals surface area contributed by atoms with E-state index in [1.165, 1.54) is 12.2 Å². The lowest BCUT2D eigenvalue weighted by Crippen LogP contribution is -2.15. The van der Waals surface area contributed by atoms with Gasteiger partial charge in [0.15, 0.2) is 0 Å². The zero-order valence-electron chi connectivity index (χ0n) is 12.5. The molecule has 20 heavy (non-hydrogen) atoms. The number of hydrogen-bond acceptors (Lipinski definition) is 2. The zero-order chi connectivity index (χ0) is 15.7. The highest BCUT2D eigenvalue weighted by Crippen LogP contribution is 2.30. The van der Waals surface area contributed by atoms with Crippen LogP contribution in [0.25, 0.3) is 0 Å². The maximum absolute atomic E-state index is 13.2. The number of hydrogen-bond donors (Lipinski definition) is 0. The third kappa shape index (κ3) is 6.20. The number of carbonyl (C=O) groups is 1. The smallest absolute Gasteiger partial charge is 0.143 e. The topological polar surface area (TPSA) is 17.1 Å². The lowest BCUT2D eigenvalue weighted by molar-refractivity contribution is -0.104. The molecule has 0 amide bonds. The van der Waals surface area contributed by atoms with Crippen LogP contribution in [0.1, 0.15) is 40.0 Å². The van der Waals surface area contributed by atoms with E-state index in [-0.39, 0.29) is 5.92 Å². The van der Waals surface area contributed by atoms with E-state index in [2.05, 4.69) is 20.1 Å². The van der Waals surface area contributed by atoms with E-state index in [4.69, 9.17) is 12.2 Å². The quantitative estimate of drug-likeness (QED) is 0.249. The summed E-state index contributed by atoms with van der Waals surface area (Å²) in [5.41, 5.74) is 2.02. The Kier molecular flexibility index (Phi) is 8.89. The number of unbranched alkanes of at least 4 members (excludes halogenated alkanes) is 1. The summed E-state index contributed by atoms with van der Waals surface area (Å²) >= 11 is 5.31. The fourth-order valence-electron chi connectivity index (χ4n) is 2.06. The van der Waals surface area contributed by atoms with Gasteiger partial charge in [0.2, 0.25) is 0 Å². The standard InChI is InChI=1S/C17H23FOS/c1-6-7-8-15(14(5)20)16(9-10-19)17(12(2)3)11-13(4)18/h9-11,15H,2,4,6-8H2,1,3,5H3/b16-9+,17-11+. The molecular weight excluding hydrogens is 271 g/mol. The first-order chi connectivity index (χ1) is 9.34. The normalized spacial score (nSPS) is 13.8. The molecule has 0 rings (SSSR count). The van der Waals surface area contributed by atoms with Crippen LogP contribution in [-0.4, -0.2) is 11.2 Å². The number of allylic oxidation sites excluding steroid dienone is 6. The van der Waals surface area contributed by atoms with Gasteiger partial charge in [-0.05, 0) is 48.4 Å². The fourth-order valence-corrected chi connectivity index (χ4v) is 2.31. The molecule has 3 heteroatoms. The molecular formula is C17H23FOS. The molecule has 0 fully saturated rings. The van der Waals surface area contributed by atoms with Gasteiger partial charge >= 0.3 is 0 Å². The Hall–Kier alpha value is -1.35. The number of thiocarbonyl (C=S) groups is 1. The molecule has 0 aliphatic carbocycles. The minimum atomic E-state index is -0.559. The Bertz CT molecular complexity index is 458. The minimum absolute atomic E-state index is 0.0440. The van der Waals surface area contributed by atoms with Crippen LogP contribution < -0.4 is 0 Å². The van der Waals surface area contributed by atoms with Crippen molar-refractivity contribution in [2.75, 3.05) is 0 Å². The molecule has 0 saturated heterocycles. The van der Waals surface area contributed by atoms with Crippen LogP contribution in [-0.2, 0) is 4.79 Å². The molecule has 1 nitrogen and oxygen atoms in total. The summed E-state index contributed by atoms with van der Waals surface area (Å²) < 4.78 is 13.2. The van der Waals surface area contributed by atoms with Crippen molar-refractivity contribution < 1.29 is 9.18 Å². The third-order valence-corrected chi connectivity index (χ3v) is 3.32. The van der Waals surface area contributed by atoms with Gasteiger partial charge < -0.3 is 0 Å². The lowest BCUT2D eigenvalue weighted by atomic mass is 9.83. The monoisotopic (exact) mass is 294 g/mol. The highest BCUT2D eigenvalue weighted by atomic mass is 32.1. The fraction of sp³-hybridized carbons (Fsp3) is 0.412. The molecule has 0 heterocycles. The molecule has 0 aliphatic heterocycles. The molecule has 0 aromatic rings. The average molecular weight is 294 g/mol. The van der Waals surface area contributed by atoms with E-state index >= 15 is 0 Å². The van der Waals surface area contributed by atoms with Crippen LogP contribution in [0.3, 0.4) is 0 Å². The van der Waals surface area contributed by atoms with Gasteiger partial charge in [0.1, 0.15) is 12.1 Å². The van der Waals surface area contributed by atoms with Crippen LogP contribution in [0.15, 0.2) is 47.9 Å². The number of carbonyl (C=O) groups excluding carboxylic acids is 1. The highest BCUT2D eigenvalue weighted by Gasteiger charge is 2.20. The Labute approximate surface area is 127 Å². The van der Waals surface area contributed by atoms with Gasteiger partial charge in [0.25, 0.3) is 0 Å². The summed E-state index contributed by atoms with van der Waals surface area (Å²) in [6, 6.07) is 0. The molecule has 0 N–H and O–H groups in total. The van der Waals surface area contributed by atoms with E-state index in [0.717, 1.165) is 29.7 Å². The van der Waals surface area contributed by atoms with E-state index < -0.39 is 5.83 Å². The molecule has 1 atom stereocenters. The van der Waals surface area contributed by atoms with Crippen molar-refractivity contribution in [2.24, 2.45) is 5.92 Å². The van der Waals surface area contributed by atoms with Crippen molar-refractivity contribution in [1.82, 2.24) is 0 Å². The van der Waals surface area contributed by atoms with Gasteiger partial charge in [0, 0.05) is 5.92 Å². The van der Waals surface area contributed by atoms with Crippen molar-refractivity contribution in [3.05, 3.63) is 47.9 Å². The molecule has 0 aliphatic rings. The van der Waals surface area contributed by atoms with E-state index in [1.807, 2.05) is 6.92 Å². The van der Waals surface area contributed by atoms with Gasteiger partial charge in [-0.2, -0.15) is 0 Å². The molecule has 0 aromatic carbocycles. The summed E-state index contributed by atoms with van der Waals surface area (Å²) in [6.07, 6.45) is 6.36.